The fraction of sp³-hybridized carbons (Fsp3) is 0. The van der Waals surface area contributed by atoms with E-state index in [0.29, 0.717) is 0 Å². The van der Waals surface area contributed by atoms with Crippen LogP contribution in [0.5, 0.6) is 0 Å². The third-order valence-corrected chi connectivity index (χ3v) is 10.2. The first-order valence-electron chi connectivity index (χ1n) is 15.4. The fourth-order valence-electron chi connectivity index (χ4n) is 6.88. The number of para-hydroxylation sites is 1. The van der Waals surface area contributed by atoms with Crippen LogP contribution in [-0.2, 0) is 0 Å². The van der Waals surface area contributed by atoms with Crippen LogP contribution in [0.2, 0.25) is 0 Å². The number of aromatic nitrogens is 2. The van der Waals surface area contributed by atoms with E-state index in [-0.39, 0.29) is 0 Å². The Morgan fingerprint density at radius 2 is 1.13 bits per heavy atom. The summed E-state index contributed by atoms with van der Waals surface area (Å²) >= 11 is 1.83. The van der Waals surface area contributed by atoms with E-state index in [1.807, 2.05) is 29.5 Å². The zero-order valence-corrected chi connectivity index (χ0v) is 25.4. The maximum Gasteiger partial charge on any atom is 0.160 e. The summed E-state index contributed by atoms with van der Waals surface area (Å²) in [6.07, 6.45) is 0. The van der Waals surface area contributed by atoms with Crippen LogP contribution in [0.4, 0.5) is 0 Å². The Balaban J connectivity index is 1.19. The molecule has 3 heterocycles. The van der Waals surface area contributed by atoms with Crippen molar-refractivity contribution in [3.8, 4) is 33.8 Å². The van der Waals surface area contributed by atoms with Gasteiger partial charge in [0.05, 0.1) is 11.2 Å². The van der Waals surface area contributed by atoms with Crippen LogP contribution < -0.4 is 0 Å². The Kier molecular flexibility index (Phi) is 5.45. The highest BCUT2D eigenvalue weighted by molar-refractivity contribution is 7.26. The van der Waals surface area contributed by atoms with Crippen molar-refractivity contribution in [1.29, 1.82) is 0 Å². The van der Waals surface area contributed by atoms with Crippen LogP contribution in [0.3, 0.4) is 0 Å². The lowest BCUT2D eigenvalue weighted by atomic mass is 9.99. The molecule has 3 nitrogen and oxygen atoms in total. The van der Waals surface area contributed by atoms with E-state index < -0.39 is 0 Å². The van der Waals surface area contributed by atoms with Crippen LogP contribution >= 0.6 is 11.3 Å². The second-order valence-corrected chi connectivity index (χ2v) is 12.8. The molecule has 4 heteroatoms. The number of thiophene rings is 1. The first-order valence-corrected chi connectivity index (χ1v) is 16.2. The van der Waals surface area contributed by atoms with Gasteiger partial charge in [-0.05, 0) is 58.3 Å². The van der Waals surface area contributed by atoms with E-state index in [9.17, 15) is 0 Å². The Hall–Kier alpha value is -5.84. The standard InChI is InChI=1S/C42H24N2OS/c1-2-9-27(10-3-1)40-32-20-23-37-39(38-30-11-5-4-8-26(30)19-22-36(38)46-37)41(32)44-42(43-40)28-16-14-25(15-17-28)29-18-21-35-33(24-29)31-12-6-7-13-34(31)45-35/h1-24H. The normalized spacial score (nSPS) is 11.9. The molecule has 0 N–H and O–H groups in total. The molecule has 0 unspecified atom stereocenters. The summed E-state index contributed by atoms with van der Waals surface area (Å²) in [5, 5.41) is 8.29. The van der Waals surface area contributed by atoms with Crippen LogP contribution in [0.15, 0.2) is 150 Å². The molecule has 0 bridgehead atoms. The molecule has 0 saturated carbocycles. The topological polar surface area (TPSA) is 38.9 Å². The summed E-state index contributed by atoms with van der Waals surface area (Å²) in [4.78, 5) is 10.6. The van der Waals surface area contributed by atoms with E-state index >= 15 is 0 Å². The number of hydrogen-bond acceptors (Lipinski definition) is 4. The molecule has 0 amide bonds. The Morgan fingerprint density at radius 1 is 0.435 bits per heavy atom. The largest absolute Gasteiger partial charge is 0.456 e. The van der Waals surface area contributed by atoms with E-state index in [1.54, 1.807) is 0 Å². The lowest BCUT2D eigenvalue weighted by molar-refractivity contribution is 0.669. The van der Waals surface area contributed by atoms with Gasteiger partial charge in [0, 0.05) is 47.5 Å². The minimum absolute atomic E-state index is 0.723. The molecular weight excluding hydrogens is 581 g/mol. The van der Waals surface area contributed by atoms with Gasteiger partial charge in [0.1, 0.15) is 11.2 Å². The van der Waals surface area contributed by atoms with Crippen molar-refractivity contribution < 1.29 is 4.42 Å². The molecular formula is C42H24N2OS. The van der Waals surface area contributed by atoms with Crippen molar-refractivity contribution in [1.82, 2.24) is 9.97 Å². The van der Waals surface area contributed by atoms with Gasteiger partial charge in [-0.2, -0.15) is 0 Å². The third-order valence-electron chi connectivity index (χ3n) is 9.09. The molecule has 0 aliphatic heterocycles. The number of nitrogens with zero attached hydrogens (tertiary/aromatic N) is 2. The van der Waals surface area contributed by atoms with Gasteiger partial charge >= 0.3 is 0 Å². The van der Waals surface area contributed by atoms with Crippen LogP contribution in [0.25, 0.3) is 97.6 Å². The van der Waals surface area contributed by atoms with Gasteiger partial charge in [-0.15, -0.1) is 11.3 Å². The van der Waals surface area contributed by atoms with E-state index in [2.05, 4.69) is 127 Å². The Bertz CT molecular complexity index is 2790. The molecule has 0 aliphatic carbocycles. The number of fused-ring (bicyclic) bond motifs is 10. The lowest BCUT2D eigenvalue weighted by Gasteiger charge is -2.11. The van der Waals surface area contributed by atoms with Gasteiger partial charge in [0.25, 0.3) is 0 Å². The zero-order chi connectivity index (χ0) is 30.2. The van der Waals surface area contributed by atoms with Crippen LogP contribution in [-0.4, -0.2) is 9.97 Å². The van der Waals surface area contributed by atoms with E-state index in [0.717, 1.165) is 66.6 Å². The minimum Gasteiger partial charge on any atom is -0.456 e. The first-order chi connectivity index (χ1) is 22.8. The highest BCUT2D eigenvalue weighted by Gasteiger charge is 2.18. The van der Waals surface area contributed by atoms with Gasteiger partial charge in [-0.25, -0.2) is 9.97 Å². The molecule has 214 valence electrons. The molecule has 10 rings (SSSR count). The molecule has 0 spiro atoms. The molecule has 7 aromatic carbocycles. The highest BCUT2D eigenvalue weighted by Crippen LogP contribution is 2.43. The van der Waals surface area contributed by atoms with Gasteiger partial charge in [-0.1, -0.05) is 109 Å². The Labute approximate surface area is 268 Å². The third kappa shape index (κ3) is 3.84. The monoisotopic (exact) mass is 604 g/mol. The number of furan rings is 1. The van der Waals surface area contributed by atoms with Crippen molar-refractivity contribution in [2.24, 2.45) is 0 Å². The lowest BCUT2D eigenvalue weighted by Crippen LogP contribution is -1.96. The molecule has 0 radical (unpaired) electrons. The SMILES string of the molecule is c1ccc(-c2nc(-c3ccc(-c4ccc5oc6ccccc6c5c4)cc3)nc3c2ccc2sc4ccc5ccccc5c4c23)cc1. The van der Waals surface area contributed by atoms with Crippen molar-refractivity contribution in [2.75, 3.05) is 0 Å². The number of benzene rings is 7. The molecule has 0 atom stereocenters. The smallest absolute Gasteiger partial charge is 0.160 e. The van der Waals surface area contributed by atoms with E-state index in [1.165, 1.54) is 30.9 Å². The summed E-state index contributed by atoms with van der Waals surface area (Å²) in [6, 6.07) is 51.3. The predicted molar refractivity (Wildman–Crippen MR) is 194 cm³/mol. The van der Waals surface area contributed by atoms with Gasteiger partial charge in [0.2, 0.25) is 0 Å². The van der Waals surface area contributed by atoms with Crippen molar-refractivity contribution >= 4 is 75.1 Å². The predicted octanol–water partition coefficient (Wildman–Crippen LogP) is 12.1. The second-order valence-electron chi connectivity index (χ2n) is 11.7. The van der Waals surface area contributed by atoms with Crippen molar-refractivity contribution in [3.63, 3.8) is 0 Å². The van der Waals surface area contributed by atoms with Crippen molar-refractivity contribution in [3.05, 3.63) is 146 Å². The summed E-state index contributed by atoms with van der Waals surface area (Å²) in [7, 11) is 0. The second kappa shape index (κ2) is 9.83. The molecule has 0 saturated heterocycles. The molecule has 3 aromatic heterocycles. The van der Waals surface area contributed by atoms with Crippen LogP contribution in [0, 0.1) is 0 Å². The highest BCUT2D eigenvalue weighted by atomic mass is 32.1. The number of hydrogen-bond donors (Lipinski definition) is 0. The fourth-order valence-corrected chi connectivity index (χ4v) is 8.00. The maximum absolute atomic E-state index is 6.06. The zero-order valence-electron chi connectivity index (χ0n) is 24.6. The van der Waals surface area contributed by atoms with Gasteiger partial charge < -0.3 is 4.42 Å². The first kappa shape index (κ1) is 25.5. The summed E-state index contributed by atoms with van der Waals surface area (Å²) in [5.74, 6) is 0.723. The molecule has 46 heavy (non-hydrogen) atoms. The van der Waals surface area contributed by atoms with Crippen molar-refractivity contribution in [2.45, 2.75) is 0 Å². The molecule has 0 aliphatic rings. The number of rotatable bonds is 3. The molecule has 10 aromatic rings. The Morgan fingerprint density at radius 3 is 2.02 bits per heavy atom. The minimum atomic E-state index is 0.723. The average molecular weight is 605 g/mol. The maximum atomic E-state index is 6.06. The quantitative estimate of drug-likeness (QED) is 0.201. The summed E-state index contributed by atoms with van der Waals surface area (Å²) < 4.78 is 8.57. The van der Waals surface area contributed by atoms with Crippen LogP contribution in [0.1, 0.15) is 0 Å². The van der Waals surface area contributed by atoms with E-state index in [4.69, 9.17) is 14.4 Å². The summed E-state index contributed by atoms with van der Waals surface area (Å²) in [5.41, 5.74) is 8.10. The summed E-state index contributed by atoms with van der Waals surface area (Å²) in [6.45, 7) is 0. The average Bonchev–Trinajstić information content (AvgIpc) is 3.70. The van der Waals surface area contributed by atoms with Gasteiger partial charge in [0.15, 0.2) is 5.82 Å². The molecule has 0 fully saturated rings. The van der Waals surface area contributed by atoms with Gasteiger partial charge in [-0.3, -0.25) is 0 Å².